The SMILES string of the molecule is Cc1cc(N)nc(SCC(=O)NC2CC2)n1. The van der Waals surface area contributed by atoms with Gasteiger partial charge in [-0.1, -0.05) is 11.8 Å². The molecule has 0 aliphatic heterocycles. The fourth-order valence-electron chi connectivity index (χ4n) is 1.26. The van der Waals surface area contributed by atoms with Crippen molar-refractivity contribution < 1.29 is 4.79 Å². The fraction of sp³-hybridized carbons (Fsp3) is 0.500. The third-order valence-electron chi connectivity index (χ3n) is 2.13. The molecular formula is C10H14N4OS. The first-order valence-electron chi connectivity index (χ1n) is 5.17. The number of nitrogens with one attached hydrogen (secondary N) is 1. The second kappa shape index (κ2) is 4.69. The van der Waals surface area contributed by atoms with Crippen molar-refractivity contribution in [2.45, 2.75) is 31.0 Å². The molecule has 0 aromatic carbocycles. The number of nitrogens with two attached hydrogens (primary N) is 1. The number of hydrogen-bond acceptors (Lipinski definition) is 5. The van der Waals surface area contributed by atoms with Crippen LogP contribution in [0.25, 0.3) is 0 Å². The number of thioether (sulfide) groups is 1. The lowest BCUT2D eigenvalue weighted by molar-refractivity contribution is -0.118. The molecule has 1 fully saturated rings. The smallest absolute Gasteiger partial charge is 0.230 e. The summed E-state index contributed by atoms with van der Waals surface area (Å²) in [6.07, 6.45) is 2.20. The van der Waals surface area contributed by atoms with Crippen LogP contribution in [0.1, 0.15) is 18.5 Å². The van der Waals surface area contributed by atoms with Gasteiger partial charge in [0.15, 0.2) is 5.16 Å². The van der Waals surface area contributed by atoms with Crippen LogP contribution < -0.4 is 11.1 Å². The molecule has 16 heavy (non-hydrogen) atoms. The van der Waals surface area contributed by atoms with E-state index >= 15 is 0 Å². The zero-order valence-electron chi connectivity index (χ0n) is 9.06. The lowest BCUT2D eigenvalue weighted by Crippen LogP contribution is -2.27. The van der Waals surface area contributed by atoms with Crippen LogP contribution in [0.3, 0.4) is 0 Å². The number of aromatic nitrogens is 2. The van der Waals surface area contributed by atoms with Gasteiger partial charge in [-0.3, -0.25) is 4.79 Å². The van der Waals surface area contributed by atoms with Crippen molar-refractivity contribution in [1.82, 2.24) is 15.3 Å². The average molecular weight is 238 g/mol. The van der Waals surface area contributed by atoms with Gasteiger partial charge in [-0.15, -0.1) is 0 Å². The topological polar surface area (TPSA) is 80.9 Å². The van der Waals surface area contributed by atoms with Gasteiger partial charge in [0.2, 0.25) is 5.91 Å². The highest BCUT2D eigenvalue weighted by Gasteiger charge is 2.23. The van der Waals surface area contributed by atoms with Crippen LogP contribution in [0.2, 0.25) is 0 Å². The lowest BCUT2D eigenvalue weighted by Gasteiger charge is -2.03. The van der Waals surface area contributed by atoms with E-state index in [1.807, 2.05) is 6.92 Å². The summed E-state index contributed by atoms with van der Waals surface area (Å²) in [5.41, 5.74) is 6.41. The zero-order chi connectivity index (χ0) is 11.5. The predicted molar refractivity (Wildman–Crippen MR) is 63.1 cm³/mol. The Balaban J connectivity index is 1.85. The van der Waals surface area contributed by atoms with Gasteiger partial charge < -0.3 is 11.1 Å². The first-order chi connectivity index (χ1) is 7.63. The molecule has 5 nitrogen and oxygen atoms in total. The molecular weight excluding hydrogens is 224 g/mol. The highest BCUT2D eigenvalue weighted by Crippen LogP contribution is 2.19. The van der Waals surface area contributed by atoms with Crippen molar-refractivity contribution in [2.24, 2.45) is 0 Å². The summed E-state index contributed by atoms with van der Waals surface area (Å²) in [5, 5.41) is 3.47. The van der Waals surface area contributed by atoms with Gasteiger partial charge in [0.1, 0.15) is 5.82 Å². The summed E-state index contributed by atoms with van der Waals surface area (Å²) in [6, 6.07) is 2.10. The van der Waals surface area contributed by atoms with Crippen LogP contribution in [0.15, 0.2) is 11.2 Å². The van der Waals surface area contributed by atoms with Crippen LogP contribution in [0, 0.1) is 6.92 Å². The van der Waals surface area contributed by atoms with E-state index in [9.17, 15) is 4.79 Å². The number of amides is 1. The highest BCUT2D eigenvalue weighted by molar-refractivity contribution is 7.99. The van der Waals surface area contributed by atoms with E-state index < -0.39 is 0 Å². The lowest BCUT2D eigenvalue weighted by atomic mass is 10.4. The Bertz CT molecular complexity index is 386. The molecule has 2 rings (SSSR count). The maximum atomic E-state index is 11.4. The normalized spacial score (nSPS) is 14.8. The van der Waals surface area contributed by atoms with E-state index in [1.165, 1.54) is 11.8 Å². The summed E-state index contributed by atoms with van der Waals surface area (Å²) >= 11 is 1.31. The molecule has 3 N–H and O–H groups in total. The van der Waals surface area contributed by atoms with Crippen molar-refractivity contribution in [1.29, 1.82) is 0 Å². The highest BCUT2D eigenvalue weighted by atomic mass is 32.2. The molecule has 0 bridgehead atoms. The van der Waals surface area contributed by atoms with Crippen LogP contribution in [-0.4, -0.2) is 27.7 Å². The van der Waals surface area contributed by atoms with E-state index in [-0.39, 0.29) is 5.91 Å². The number of carbonyl (C=O) groups excluding carboxylic acids is 1. The van der Waals surface area contributed by atoms with Crippen LogP contribution in [-0.2, 0) is 4.79 Å². The van der Waals surface area contributed by atoms with E-state index in [0.717, 1.165) is 18.5 Å². The summed E-state index contributed by atoms with van der Waals surface area (Å²) in [5.74, 6) is 0.827. The summed E-state index contributed by atoms with van der Waals surface area (Å²) < 4.78 is 0. The molecule has 1 saturated carbocycles. The molecule has 0 atom stereocenters. The Morgan fingerprint density at radius 3 is 3.00 bits per heavy atom. The molecule has 0 saturated heterocycles. The van der Waals surface area contributed by atoms with Crippen LogP contribution >= 0.6 is 11.8 Å². The molecule has 1 aromatic heterocycles. The molecule has 6 heteroatoms. The van der Waals surface area contributed by atoms with E-state index in [2.05, 4.69) is 15.3 Å². The van der Waals surface area contributed by atoms with Gasteiger partial charge >= 0.3 is 0 Å². The Morgan fingerprint density at radius 2 is 2.38 bits per heavy atom. The number of aryl methyl sites for hydroxylation is 1. The van der Waals surface area contributed by atoms with Gasteiger partial charge in [-0.2, -0.15) is 0 Å². The number of carbonyl (C=O) groups is 1. The van der Waals surface area contributed by atoms with Crippen molar-refractivity contribution in [3.05, 3.63) is 11.8 Å². The van der Waals surface area contributed by atoms with E-state index in [0.29, 0.717) is 22.8 Å². The maximum Gasteiger partial charge on any atom is 0.230 e. The van der Waals surface area contributed by atoms with Crippen molar-refractivity contribution in [2.75, 3.05) is 11.5 Å². The molecule has 0 radical (unpaired) electrons. The maximum absolute atomic E-state index is 11.4. The van der Waals surface area contributed by atoms with Gasteiger partial charge in [0.05, 0.1) is 5.75 Å². The minimum Gasteiger partial charge on any atom is -0.384 e. The monoisotopic (exact) mass is 238 g/mol. The Morgan fingerprint density at radius 1 is 1.62 bits per heavy atom. The first kappa shape index (κ1) is 11.2. The minimum absolute atomic E-state index is 0.0381. The average Bonchev–Trinajstić information content (AvgIpc) is 2.97. The van der Waals surface area contributed by atoms with E-state index in [1.54, 1.807) is 6.07 Å². The van der Waals surface area contributed by atoms with Gasteiger partial charge in [0.25, 0.3) is 0 Å². The molecule has 0 spiro atoms. The molecule has 1 aromatic rings. The number of hydrogen-bond donors (Lipinski definition) is 2. The fourth-order valence-corrected chi connectivity index (χ4v) is 1.98. The Kier molecular flexibility index (Phi) is 3.28. The minimum atomic E-state index is 0.0381. The molecule has 86 valence electrons. The third-order valence-corrected chi connectivity index (χ3v) is 2.98. The number of nitrogen functional groups attached to an aromatic ring is 1. The number of nitrogens with zero attached hydrogens (tertiary/aromatic N) is 2. The van der Waals surface area contributed by atoms with Crippen LogP contribution in [0.5, 0.6) is 0 Å². The standard InChI is InChI=1S/C10H14N4OS/c1-6-4-8(11)14-10(12-6)16-5-9(15)13-7-2-3-7/h4,7H,2-3,5H2,1H3,(H,13,15)(H2,11,12,14). The molecule has 1 aliphatic rings. The second-order valence-electron chi connectivity index (χ2n) is 3.85. The quantitative estimate of drug-likeness (QED) is 0.597. The summed E-state index contributed by atoms with van der Waals surface area (Å²) in [4.78, 5) is 19.7. The summed E-state index contributed by atoms with van der Waals surface area (Å²) in [6.45, 7) is 1.85. The van der Waals surface area contributed by atoms with Crippen molar-refractivity contribution in [3.8, 4) is 0 Å². The molecule has 1 heterocycles. The Labute approximate surface area is 98.2 Å². The van der Waals surface area contributed by atoms with Gasteiger partial charge in [-0.05, 0) is 19.8 Å². The van der Waals surface area contributed by atoms with E-state index in [4.69, 9.17) is 5.73 Å². The summed E-state index contributed by atoms with van der Waals surface area (Å²) in [7, 11) is 0. The van der Waals surface area contributed by atoms with Crippen molar-refractivity contribution >= 4 is 23.5 Å². The number of rotatable bonds is 4. The molecule has 0 unspecified atom stereocenters. The second-order valence-corrected chi connectivity index (χ2v) is 4.79. The zero-order valence-corrected chi connectivity index (χ0v) is 9.88. The molecule has 1 amide bonds. The van der Waals surface area contributed by atoms with Gasteiger partial charge in [-0.25, -0.2) is 9.97 Å². The van der Waals surface area contributed by atoms with Crippen LogP contribution in [0.4, 0.5) is 5.82 Å². The largest absolute Gasteiger partial charge is 0.384 e. The Hall–Kier alpha value is -1.30. The van der Waals surface area contributed by atoms with Crippen molar-refractivity contribution in [3.63, 3.8) is 0 Å². The predicted octanol–water partition coefficient (Wildman–Crippen LogP) is 0.738. The molecule has 1 aliphatic carbocycles. The number of anilines is 1. The first-order valence-corrected chi connectivity index (χ1v) is 6.15. The van der Waals surface area contributed by atoms with Gasteiger partial charge in [0, 0.05) is 17.8 Å². The third kappa shape index (κ3) is 3.37.